The van der Waals surface area contributed by atoms with E-state index >= 15 is 0 Å². The summed E-state index contributed by atoms with van der Waals surface area (Å²) in [6, 6.07) is 13.6. The van der Waals surface area contributed by atoms with Crippen LogP contribution in [0.1, 0.15) is 5.56 Å². The number of nitrogens with zero attached hydrogens (tertiary/aromatic N) is 3. The number of halogens is 1. The van der Waals surface area contributed by atoms with Gasteiger partial charge < -0.3 is 0 Å². The Morgan fingerprint density at radius 2 is 1.75 bits per heavy atom. The molecule has 2 aromatic rings. The van der Waals surface area contributed by atoms with E-state index in [2.05, 4.69) is 10.3 Å². The van der Waals surface area contributed by atoms with Crippen molar-refractivity contribution in [2.75, 3.05) is 0 Å². The molecule has 102 valence electrons. The van der Waals surface area contributed by atoms with Crippen LogP contribution in [0.5, 0.6) is 0 Å². The van der Waals surface area contributed by atoms with Crippen LogP contribution >= 0.6 is 11.6 Å². The lowest BCUT2D eigenvalue weighted by Gasteiger charge is -2.22. The van der Waals surface area contributed by atoms with Gasteiger partial charge in [0.25, 0.3) is 10.0 Å². The zero-order chi connectivity index (χ0) is 14.2. The molecule has 0 N–H and O–H groups in total. The topological polar surface area (TPSA) is 62.1 Å². The summed E-state index contributed by atoms with van der Waals surface area (Å²) in [7, 11) is -3.68. The van der Waals surface area contributed by atoms with E-state index in [0.29, 0.717) is 16.3 Å². The Balaban J connectivity index is 2.00. The van der Waals surface area contributed by atoms with Crippen LogP contribution in [-0.4, -0.2) is 12.8 Å². The summed E-state index contributed by atoms with van der Waals surface area (Å²) in [6.45, 7) is 0.0554. The molecule has 0 spiro atoms. The molecule has 0 bridgehead atoms. The molecule has 1 heterocycles. The van der Waals surface area contributed by atoms with E-state index in [4.69, 9.17) is 11.6 Å². The second-order valence-electron chi connectivity index (χ2n) is 4.23. The van der Waals surface area contributed by atoms with Crippen LogP contribution < -0.4 is 0 Å². The zero-order valence-electron chi connectivity index (χ0n) is 10.3. The molecule has 3 rings (SSSR count). The fourth-order valence-electron chi connectivity index (χ4n) is 1.91. The Labute approximate surface area is 121 Å². The Hall–Kier alpha value is -1.92. The fourth-order valence-corrected chi connectivity index (χ4v) is 3.39. The molecule has 2 aromatic carbocycles. The van der Waals surface area contributed by atoms with Gasteiger partial charge in [-0.2, -0.15) is 12.8 Å². The van der Waals surface area contributed by atoms with Crippen molar-refractivity contribution in [3.8, 4) is 0 Å². The molecular formula is C13H10ClN3O2S. The van der Waals surface area contributed by atoms with Crippen molar-refractivity contribution in [3.63, 3.8) is 0 Å². The van der Waals surface area contributed by atoms with Gasteiger partial charge in [0, 0.05) is 5.02 Å². The van der Waals surface area contributed by atoms with Crippen LogP contribution in [0.25, 0.3) is 0 Å². The molecule has 20 heavy (non-hydrogen) atoms. The third-order valence-corrected chi connectivity index (χ3v) is 4.96. The zero-order valence-corrected chi connectivity index (χ0v) is 11.8. The lowest BCUT2D eigenvalue weighted by atomic mass is 10.2. The van der Waals surface area contributed by atoms with Gasteiger partial charge in [0.15, 0.2) is 0 Å². The minimum absolute atomic E-state index is 0.0554. The van der Waals surface area contributed by atoms with Crippen LogP contribution in [-0.2, 0) is 16.6 Å². The van der Waals surface area contributed by atoms with Gasteiger partial charge in [-0.05, 0) is 23.8 Å². The van der Waals surface area contributed by atoms with Gasteiger partial charge >= 0.3 is 0 Å². The van der Waals surface area contributed by atoms with Crippen molar-refractivity contribution in [2.45, 2.75) is 11.4 Å². The molecule has 0 saturated heterocycles. The summed E-state index contributed by atoms with van der Waals surface area (Å²) < 4.78 is 25.9. The number of rotatable bonds is 2. The molecule has 0 aromatic heterocycles. The Morgan fingerprint density at radius 3 is 2.55 bits per heavy atom. The highest BCUT2D eigenvalue weighted by Crippen LogP contribution is 2.33. The van der Waals surface area contributed by atoms with Gasteiger partial charge in [0.05, 0.1) is 6.54 Å². The largest absolute Gasteiger partial charge is 0.282 e. The Bertz CT molecular complexity index is 790. The maximum atomic E-state index is 12.4. The third kappa shape index (κ3) is 2.17. The molecule has 0 saturated carbocycles. The maximum Gasteiger partial charge on any atom is 0.282 e. The summed E-state index contributed by atoms with van der Waals surface area (Å²) in [5.74, 6) is 0. The molecule has 0 aliphatic carbocycles. The smallest absolute Gasteiger partial charge is 0.199 e. The van der Waals surface area contributed by atoms with Crippen molar-refractivity contribution in [2.24, 2.45) is 10.3 Å². The van der Waals surface area contributed by atoms with Crippen LogP contribution in [0, 0.1) is 0 Å². The monoisotopic (exact) mass is 307 g/mol. The number of benzene rings is 2. The number of fused-ring (bicyclic) bond motifs is 1. The summed E-state index contributed by atoms with van der Waals surface area (Å²) >= 11 is 6.04. The summed E-state index contributed by atoms with van der Waals surface area (Å²) in [5, 5.41) is 8.19. The van der Waals surface area contributed by atoms with Gasteiger partial charge in [-0.1, -0.05) is 47.2 Å². The average molecular weight is 308 g/mol. The van der Waals surface area contributed by atoms with Gasteiger partial charge in [0.1, 0.15) is 10.6 Å². The highest BCUT2D eigenvalue weighted by Gasteiger charge is 2.30. The van der Waals surface area contributed by atoms with Gasteiger partial charge in [0.2, 0.25) is 0 Å². The number of sulfonamides is 1. The van der Waals surface area contributed by atoms with Gasteiger partial charge in [-0.15, -0.1) is 5.11 Å². The van der Waals surface area contributed by atoms with E-state index in [9.17, 15) is 8.42 Å². The van der Waals surface area contributed by atoms with Crippen LogP contribution in [0.15, 0.2) is 63.8 Å². The van der Waals surface area contributed by atoms with E-state index in [-0.39, 0.29) is 11.4 Å². The van der Waals surface area contributed by atoms with Crippen molar-refractivity contribution >= 4 is 27.3 Å². The van der Waals surface area contributed by atoms with E-state index in [1.807, 2.05) is 0 Å². The fraction of sp³-hybridized carbons (Fsp3) is 0.0769. The Morgan fingerprint density at radius 1 is 1.05 bits per heavy atom. The first-order valence-electron chi connectivity index (χ1n) is 5.86. The molecule has 7 heteroatoms. The highest BCUT2D eigenvalue weighted by molar-refractivity contribution is 7.89. The van der Waals surface area contributed by atoms with Crippen LogP contribution in [0.2, 0.25) is 5.02 Å². The summed E-state index contributed by atoms with van der Waals surface area (Å²) in [5.41, 5.74) is 1.03. The predicted octanol–water partition coefficient (Wildman–Crippen LogP) is 3.54. The lowest BCUT2D eigenvalue weighted by molar-refractivity contribution is 0.398. The SMILES string of the molecule is O=S1(=O)c2ccccc2N=NN1Cc1ccccc1Cl. The van der Waals surface area contributed by atoms with E-state index in [0.717, 1.165) is 4.41 Å². The minimum atomic E-state index is -3.68. The molecule has 1 aliphatic rings. The molecule has 0 unspecified atom stereocenters. The predicted molar refractivity (Wildman–Crippen MR) is 75.1 cm³/mol. The normalized spacial score (nSPS) is 15.9. The molecular weight excluding hydrogens is 298 g/mol. The molecule has 5 nitrogen and oxygen atoms in total. The Kier molecular flexibility index (Phi) is 3.19. The average Bonchev–Trinajstić information content (AvgIpc) is 2.44. The molecule has 0 fully saturated rings. The third-order valence-electron chi connectivity index (χ3n) is 2.94. The van der Waals surface area contributed by atoms with Crippen LogP contribution in [0.4, 0.5) is 5.69 Å². The molecule has 1 aliphatic heterocycles. The standard InChI is InChI=1S/C13H10ClN3O2S/c14-11-6-2-1-5-10(11)9-17-16-15-12-7-3-4-8-13(12)20(17,18)19/h1-8H,9H2. The van der Waals surface area contributed by atoms with Crippen molar-refractivity contribution in [1.82, 2.24) is 4.41 Å². The van der Waals surface area contributed by atoms with Crippen molar-refractivity contribution in [3.05, 3.63) is 59.1 Å². The molecule has 0 amide bonds. The summed E-state index contributed by atoms with van der Waals surface area (Å²) in [4.78, 5) is 0.155. The first kappa shape index (κ1) is 13.1. The van der Waals surface area contributed by atoms with Gasteiger partial charge in [-0.25, -0.2) is 0 Å². The van der Waals surface area contributed by atoms with Crippen molar-refractivity contribution in [1.29, 1.82) is 0 Å². The second-order valence-corrected chi connectivity index (χ2v) is 6.45. The van der Waals surface area contributed by atoms with Gasteiger partial charge in [-0.3, -0.25) is 0 Å². The van der Waals surface area contributed by atoms with E-state index in [1.165, 1.54) is 6.07 Å². The maximum absolute atomic E-state index is 12.4. The number of hydrogen-bond donors (Lipinski definition) is 0. The van der Waals surface area contributed by atoms with E-state index in [1.54, 1.807) is 42.5 Å². The first-order valence-corrected chi connectivity index (χ1v) is 7.68. The minimum Gasteiger partial charge on any atom is -0.199 e. The molecule has 0 radical (unpaired) electrons. The molecule has 0 atom stereocenters. The number of hydrogen-bond acceptors (Lipinski definition) is 4. The first-order chi connectivity index (χ1) is 9.59. The summed E-state index contributed by atoms with van der Waals surface area (Å²) in [6.07, 6.45) is 0. The van der Waals surface area contributed by atoms with E-state index < -0.39 is 10.0 Å². The second kappa shape index (κ2) is 4.88. The lowest BCUT2D eigenvalue weighted by Crippen LogP contribution is -2.27. The van der Waals surface area contributed by atoms with Crippen molar-refractivity contribution < 1.29 is 8.42 Å². The van der Waals surface area contributed by atoms with Crippen LogP contribution in [0.3, 0.4) is 0 Å². The highest BCUT2D eigenvalue weighted by atomic mass is 35.5. The quantitative estimate of drug-likeness (QED) is 0.852.